The summed E-state index contributed by atoms with van der Waals surface area (Å²) in [5.74, 6) is 0.561. The largest absolute Gasteiger partial charge is 0.268 e. The molecular weight excluding hydrogens is 374 g/mol. The van der Waals surface area contributed by atoms with Crippen molar-refractivity contribution in [3.8, 4) is 16.9 Å². The van der Waals surface area contributed by atoms with Gasteiger partial charge in [-0.2, -0.15) is 5.10 Å². The molecule has 0 fully saturated rings. The van der Waals surface area contributed by atoms with Gasteiger partial charge in [-0.3, -0.25) is 9.36 Å². The molecule has 0 bridgehead atoms. The van der Waals surface area contributed by atoms with Gasteiger partial charge in [-0.1, -0.05) is 29.8 Å². The van der Waals surface area contributed by atoms with Gasteiger partial charge in [-0.25, -0.2) is 14.5 Å². The number of hydrogen-bond acceptors (Lipinski definition) is 4. The van der Waals surface area contributed by atoms with E-state index in [2.05, 4.69) is 15.1 Å². The van der Waals surface area contributed by atoms with Gasteiger partial charge in [-0.05, 0) is 42.8 Å². The third-order valence-electron chi connectivity index (χ3n) is 4.70. The lowest BCUT2D eigenvalue weighted by atomic mass is 10.1. The first-order chi connectivity index (χ1) is 13.6. The van der Waals surface area contributed by atoms with Crippen molar-refractivity contribution in [2.24, 2.45) is 0 Å². The number of aryl methyl sites for hydroxylation is 1. The minimum absolute atomic E-state index is 0.192. The molecule has 0 aliphatic carbocycles. The van der Waals surface area contributed by atoms with Crippen LogP contribution in [0.2, 0.25) is 5.02 Å². The molecule has 4 heterocycles. The number of fused-ring (bicyclic) bond motifs is 3. The molecule has 0 amide bonds. The Morgan fingerprint density at radius 3 is 2.71 bits per heavy atom. The third-order valence-corrected chi connectivity index (χ3v) is 4.93. The fraction of sp³-hybridized carbons (Fsp3) is 0.0476. The van der Waals surface area contributed by atoms with Gasteiger partial charge in [-0.15, -0.1) is 0 Å². The average Bonchev–Trinajstić information content (AvgIpc) is 3.05. The van der Waals surface area contributed by atoms with Crippen molar-refractivity contribution in [3.63, 3.8) is 0 Å². The van der Waals surface area contributed by atoms with E-state index in [4.69, 9.17) is 11.6 Å². The molecule has 0 aliphatic heterocycles. The van der Waals surface area contributed by atoms with Crippen molar-refractivity contribution < 1.29 is 0 Å². The van der Waals surface area contributed by atoms with Gasteiger partial charge >= 0.3 is 0 Å². The van der Waals surface area contributed by atoms with Gasteiger partial charge < -0.3 is 0 Å². The molecule has 0 atom stereocenters. The molecule has 7 heteroatoms. The topological polar surface area (TPSA) is 65.1 Å². The quantitative estimate of drug-likeness (QED) is 0.458. The highest BCUT2D eigenvalue weighted by molar-refractivity contribution is 6.30. The van der Waals surface area contributed by atoms with E-state index in [0.29, 0.717) is 27.4 Å². The Morgan fingerprint density at radius 1 is 1.04 bits per heavy atom. The third kappa shape index (κ3) is 2.50. The molecular formula is C21H14ClN5O. The standard InChI is InChI=1S/C21H14ClN5O/c1-13-19(14-5-4-6-15(22)11-14)20-24-12-16-17(27(20)25-13)8-10-26(21(16)28)18-7-2-3-9-23-18/h2-12H,1H3. The minimum atomic E-state index is -0.192. The molecule has 5 aromatic rings. The van der Waals surface area contributed by atoms with Crippen LogP contribution in [0.5, 0.6) is 0 Å². The molecule has 0 N–H and O–H groups in total. The number of rotatable bonds is 2. The van der Waals surface area contributed by atoms with Crippen LogP contribution in [-0.4, -0.2) is 24.1 Å². The van der Waals surface area contributed by atoms with E-state index in [-0.39, 0.29) is 5.56 Å². The molecule has 136 valence electrons. The number of aromatic nitrogens is 5. The summed E-state index contributed by atoms with van der Waals surface area (Å²) < 4.78 is 3.22. The summed E-state index contributed by atoms with van der Waals surface area (Å²) in [5, 5.41) is 5.76. The number of hydrogen-bond donors (Lipinski definition) is 0. The first-order valence-electron chi connectivity index (χ1n) is 8.70. The fourth-order valence-corrected chi connectivity index (χ4v) is 3.62. The smallest absolute Gasteiger partial charge is 0.267 e. The second kappa shape index (κ2) is 6.28. The summed E-state index contributed by atoms with van der Waals surface area (Å²) in [6.45, 7) is 1.92. The second-order valence-electron chi connectivity index (χ2n) is 6.44. The van der Waals surface area contributed by atoms with E-state index in [0.717, 1.165) is 16.8 Å². The molecule has 0 saturated heterocycles. The van der Waals surface area contributed by atoms with Crippen molar-refractivity contribution >= 4 is 28.2 Å². The molecule has 0 unspecified atom stereocenters. The molecule has 0 saturated carbocycles. The van der Waals surface area contributed by atoms with Crippen LogP contribution in [0.25, 0.3) is 33.5 Å². The van der Waals surface area contributed by atoms with Crippen LogP contribution < -0.4 is 5.56 Å². The van der Waals surface area contributed by atoms with Crippen LogP contribution in [0.15, 0.2) is 71.9 Å². The summed E-state index contributed by atoms with van der Waals surface area (Å²) in [4.78, 5) is 21.8. The van der Waals surface area contributed by atoms with E-state index in [9.17, 15) is 4.79 Å². The zero-order valence-corrected chi connectivity index (χ0v) is 15.6. The maximum Gasteiger partial charge on any atom is 0.267 e. The molecule has 4 aromatic heterocycles. The predicted octanol–water partition coefficient (Wildman–Crippen LogP) is 4.06. The van der Waals surface area contributed by atoms with E-state index in [1.54, 1.807) is 29.2 Å². The maximum atomic E-state index is 13.0. The zero-order valence-electron chi connectivity index (χ0n) is 14.9. The van der Waals surface area contributed by atoms with E-state index >= 15 is 0 Å². The molecule has 1 aromatic carbocycles. The Bertz CT molecular complexity index is 1410. The number of benzene rings is 1. The first kappa shape index (κ1) is 16.6. The Labute approximate surface area is 164 Å². The van der Waals surface area contributed by atoms with Crippen molar-refractivity contribution in [3.05, 3.63) is 88.2 Å². The monoisotopic (exact) mass is 387 g/mol. The lowest BCUT2D eigenvalue weighted by Crippen LogP contribution is -2.19. The lowest BCUT2D eigenvalue weighted by Gasteiger charge is -2.07. The van der Waals surface area contributed by atoms with Crippen LogP contribution in [0, 0.1) is 6.92 Å². The average molecular weight is 388 g/mol. The summed E-state index contributed by atoms with van der Waals surface area (Å²) in [6.07, 6.45) is 4.96. The Morgan fingerprint density at radius 2 is 1.93 bits per heavy atom. The lowest BCUT2D eigenvalue weighted by molar-refractivity contribution is 0.925. The Balaban J connectivity index is 1.79. The summed E-state index contributed by atoms with van der Waals surface area (Å²) in [6, 6.07) is 14.9. The molecule has 0 radical (unpaired) electrons. The van der Waals surface area contributed by atoms with E-state index in [1.165, 1.54) is 4.57 Å². The summed E-state index contributed by atoms with van der Waals surface area (Å²) in [5.41, 5.74) is 3.84. The highest BCUT2D eigenvalue weighted by Gasteiger charge is 2.17. The van der Waals surface area contributed by atoms with Crippen LogP contribution in [0.1, 0.15) is 5.69 Å². The molecule has 28 heavy (non-hydrogen) atoms. The first-order valence-corrected chi connectivity index (χ1v) is 9.08. The van der Waals surface area contributed by atoms with E-state index in [1.807, 2.05) is 49.4 Å². The van der Waals surface area contributed by atoms with Gasteiger partial charge in [0.05, 0.1) is 16.6 Å². The van der Waals surface area contributed by atoms with Gasteiger partial charge in [0.25, 0.3) is 5.56 Å². The summed E-state index contributed by atoms with van der Waals surface area (Å²) >= 11 is 6.16. The zero-order chi connectivity index (χ0) is 19.3. The van der Waals surface area contributed by atoms with Crippen LogP contribution in [0.4, 0.5) is 0 Å². The summed E-state index contributed by atoms with van der Waals surface area (Å²) in [7, 11) is 0. The highest BCUT2D eigenvalue weighted by Crippen LogP contribution is 2.30. The van der Waals surface area contributed by atoms with Gasteiger partial charge in [0.2, 0.25) is 0 Å². The Kier molecular flexibility index (Phi) is 3.74. The van der Waals surface area contributed by atoms with Gasteiger partial charge in [0.15, 0.2) is 5.65 Å². The number of nitrogens with zero attached hydrogens (tertiary/aromatic N) is 5. The number of pyridine rings is 2. The van der Waals surface area contributed by atoms with Gasteiger partial charge in [0.1, 0.15) is 5.82 Å². The highest BCUT2D eigenvalue weighted by atomic mass is 35.5. The SMILES string of the molecule is Cc1nn2c(ncc3c(=O)n(-c4ccccn4)ccc32)c1-c1cccc(Cl)c1. The second-order valence-corrected chi connectivity index (χ2v) is 6.88. The van der Waals surface area contributed by atoms with E-state index < -0.39 is 0 Å². The Hall–Kier alpha value is -3.51. The number of halogens is 1. The molecule has 0 spiro atoms. The van der Waals surface area contributed by atoms with Crippen LogP contribution >= 0.6 is 11.6 Å². The molecule has 6 nitrogen and oxygen atoms in total. The van der Waals surface area contributed by atoms with Crippen LogP contribution in [0.3, 0.4) is 0 Å². The van der Waals surface area contributed by atoms with Crippen molar-refractivity contribution in [1.82, 2.24) is 24.1 Å². The van der Waals surface area contributed by atoms with Crippen molar-refractivity contribution in [2.45, 2.75) is 6.92 Å². The molecule has 5 rings (SSSR count). The maximum absolute atomic E-state index is 13.0. The van der Waals surface area contributed by atoms with Crippen LogP contribution in [-0.2, 0) is 0 Å². The van der Waals surface area contributed by atoms with Crippen molar-refractivity contribution in [2.75, 3.05) is 0 Å². The normalized spacial score (nSPS) is 11.4. The minimum Gasteiger partial charge on any atom is -0.268 e. The van der Waals surface area contributed by atoms with Gasteiger partial charge in [0, 0.05) is 29.2 Å². The van der Waals surface area contributed by atoms with Crippen molar-refractivity contribution in [1.29, 1.82) is 0 Å². The fourth-order valence-electron chi connectivity index (χ4n) is 3.43. The predicted molar refractivity (Wildman–Crippen MR) is 109 cm³/mol. The molecule has 0 aliphatic rings.